The van der Waals surface area contributed by atoms with Gasteiger partial charge in [-0.2, -0.15) is 0 Å². The zero-order valence-electron chi connectivity index (χ0n) is 7.95. The molecule has 2 aliphatic rings. The van der Waals surface area contributed by atoms with Crippen molar-refractivity contribution >= 4 is 0 Å². The van der Waals surface area contributed by atoms with Crippen LogP contribution in [-0.4, -0.2) is 56.5 Å². The highest BCUT2D eigenvalue weighted by molar-refractivity contribution is 4.85. The van der Waals surface area contributed by atoms with E-state index < -0.39 is 0 Å². The minimum absolute atomic E-state index is 0.521. The summed E-state index contributed by atoms with van der Waals surface area (Å²) >= 11 is 0. The third-order valence-electron chi connectivity index (χ3n) is 2.86. The van der Waals surface area contributed by atoms with Crippen LogP contribution in [0.5, 0.6) is 0 Å². The normalized spacial score (nSPS) is 31.6. The van der Waals surface area contributed by atoms with Gasteiger partial charge >= 0.3 is 0 Å². The Kier molecular flexibility index (Phi) is 3.16. The lowest BCUT2D eigenvalue weighted by atomic mass is 10.1. The molecule has 0 saturated carbocycles. The maximum absolute atomic E-state index is 5.57. The van der Waals surface area contributed by atoms with Crippen molar-refractivity contribution < 1.29 is 9.47 Å². The van der Waals surface area contributed by atoms with Crippen LogP contribution in [-0.2, 0) is 9.47 Å². The minimum Gasteiger partial charge on any atom is -0.378 e. The molecule has 0 amide bonds. The van der Waals surface area contributed by atoms with Crippen LogP contribution in [0.25, 0.3) is 0 Å². The van der Waals surface area contributed by atoms with Gasteiger partial charge in [-0.25, -0.2) is 0 Å². The second-order valence-corrected chi connectivity index (χ2v) is 3.74. The lowest BCUT2D eigenvalue weighted by Crippen LogP contribution is -2.58. The van der Waals surface area contributed by atoms with Crippen LogP contribution in [0.1, 0.15) is 6.42 Å². The monoisotopic (exact) mass is 186 g/mol. The third kappa shape index (κ3) is 2.02. The number of rotatable bonds is 3. The highest BCUT2D eigenvalue weighted by atomic mass is 16.5. The standard InChI is InChI=1S/C9H18N2O2/c10-2-1-8-5-12-4-3-11(8)9-6-13-7-9/h8-9H,1-7,10H2. The van der Waals surface area contributed by atoms with E-state index in [9.17, 15) is 0 Å². The summed E-state index contributed by atoms with van der Waals surface area (Å²) in [5.74, 6) is 0. The van der Waals surface area contributed by atoms with Crippen molar-refractivity contribution in [3.8, 4) is 0 Å². The van der Waals surface area contributed by atoms with Crippen LogP contribution < -0.4 is 5.73 Å². The Morgan fingerprint density at radius 1 is 1.23 bits per heavy atom. The van der Waals surface area contributed by atoms with E-state index in [4.69, 9.17) is 15.2 Å². The average Bonchev–Trinajstić information content (AvgIpc) is 2.05. The molecule has 0 aromatic heterocycles. The number of ether oxygens (including phenoxy) is 2. The highest BCUT2D eigenvalue weighted by Gasteiger charge is 2.32. The first kappa shape index (κ1) is 9.40. The molecule has 2 rings (SSSR count). The Morgan fingerprint density at radius 2 is 2.08 bits per heavy atom. The first-order valence-corrected chi connectivity index (χ1v) is 5.03. The molecule has 2 aliphatic heterocycles. The fraction of sp³-hybridized carbons (Fsp3) is 1.00. The lowest BCUT2D eigenvalue weighted by molar-refractivity contribution is -0.117. The second-order valence-electron chi connectivity index (χ2n) is 3.74. The van der Waals surface area contributed by atoms with Crippen LogP contribution >= 0.6 is 0 Å². The van der Waals surface area contributed by atoms with Gasteiger partial charge in [0, 0.05) is 12.6 Å². The zero-order chi connectivity index (χ0) is 9.10. The minimum atomic E-state index is 0.521. The predicted molar refractivity (Wildman–Crippen MR) is 49.6 cm³/mol. The Labute approximate surface area is 79.0 Å². The van der Waals surface area contributed by atoms with Crippen LogP contribution in [0, 0.1) is 0 Å². The third-order valence-corrected chi connectivity index (χ3v) is 2.86. The fourth-order valence-electron chi connectivity index (χ4n) is 2.00. The lowest BCUT2D eigenvalue weighted by Gasteiger charge is -2.44. The van der Waals surface area contributed by atoms with Gasteiger partial charge < -0.3 is 15.2 Å². The molecule has 4 heteroatoms. The van der Waals surface area contributed by atoms with Gasteiger partial charge in [0.2, 0.25) is 0 Å². The molecule has 1 atom stereocenters. The smallest absolute Gasteiger partial charge is 0.0645 e. The van der Waals surface area contributed by atoms with Crippen LogP contribution in [0.3, 0.4) is 0 Å². The highest BCUT2D eigenvalue weighted by Crippen LogP contribution is 2.18. The van der Waals surface area contributed by atoms with Crippen molar-refractivity contribution in [2.75, 3.05) is 39.5 Å². The van der Waals surface area contributed by atoms with Gasteiger partial charge in [0.25, 0.3) is 0 Å². The molecule has 0 radical (unpaired) electrons. The molecule has 0 aromatic carbocycles. The summed E-state index contributed by atoms with van der Waals surface area (Å²) < 4.78 is 10.6. The van der Waals surface area contributed by atoms with Crippen molar-refractivity contribution in [2.24, 2.45) is 5.73 Å². The molecule has 2 fully saturated rings. The SMILES string of the molecule is NCCC1COCCN1C1COC1. The molecule has 1 unspecified atom stereocenters. The molecule has 0 spiro atoms. The molecule has 2 N–H and O–H groups in total. The summed E-state index contributed by atoms with van der Waals surface area (Å²) in [5.41, 5.74) is 5.57. The number of nitrogens with zero attached hydrogens (tertiary/aromatic N) is 1. The van der Waals surface area contributed by atoms with Gasteiger partial charge in [-0.3, -0.25) is 4.90 Å². The summed E-state index contributed by atoms with van der Waals surface area (Å²) in [6, 6.07) is 1.15. The largest absolute Gasteiger partial charge is 0.378 e. The first-order valence-electron chi connectivity index (χ1n) is 5.03. The van der Waals surface area contributed by atoms with Gasteiger partial charge in [0.15, 0.2) is 0 Å². The fourth-order valence-corrected chi connectivity index (χ4v) is 2.00. The van der Waals surface area contributed by atoms with Gasteiger partial charge in [0.1, 0.15) is 0 Å². The van der Waals surface area contributed by atoms with E-state index >= 15 is 0 Å². The van der Waals surface area contributed by atoms with E-state index in [0.717, 1.165) is 45.9 Å². The van der Waals surface area contributed by atoms with E-state index in [1.807, 2.05) is 0 Å². The number of nitrogens with two attached hydrogens (primary N) is 1. The maximum atomic E-state index is 5.57. The van der Waals surface area contributed by atoms with Gasteiger partial charge in [-0.15, -0.1) is 0 Å². The summed E-state index contributed by atoms with van der Waals surface area (Å²) in [5, 5.41) is 0. The Balaban J connectivity index is 1.87. The Morgan fingerprint density at radius 3 is 2.69 bits per heavy atom. The molecule has 0 aromatic rings. The van der Waals surface area contributed by atoms with E-state index in [1.54, 1.807) is 0 Å². The maximum Gasteiger partial charge on any atom is 0.0645 e. The topological polar surface area (TPSA) is 47.7 Å². The van der Waals surface area contributed by atoms with Crippen molar-refractivity contribution in [3.05, 3.63) is 0 Å². The van der Waals surface area contributed by atoms with Crippen LogP contribution in [0.2, 0.25) is 0 Å². The molecule has 13 heavy (non-hydrogen) atoms. The van der Waals surface area contributed by atoms with E-state index in [1.165, 1.54) is 0 Å². The van der Waals surface area contributed by atoms with Crippen molar-refractivity contribution in [3.63, 3.8) is 0 Å². The van der Waals surface area contributed by atoms with Crippen molar-refractivity contribution in [1.82, 2.24) is 4.90 Å². The molecule has 4 nitrogen and oxygen atoms in total. The van der Waals surface area contributed by atoms with Crippen LogP contribution in [0.4, 0.5) is 0 Å². The second kappa shape index (κ2) is 4.37. The molecule has 2 heterocycles. The number of hydrogen-bond donors (Lipinski definition) is 1. The van der Waals surface area contributed by atoms with Gasteiger partial charge in [-0.1, -0.05) is 0 Å². The predicted octanol–water partition coefficient (Wildman–Crippen LogP) is -0.565. The molecule has 2 saturated heterocycles. The van der Waals surface area contributed by atoms with E-state index in [2.05, 4.69) is 4.90 Å². The molecular weight excluding hydrogens is 168 g/mol. The van der Waals surface area contributed by atoms with E-state index in [-0.39, 0.29) is 0 Å². The molecule has 0 aliphatic carbocycles. The molecular formula is C9H18N2O2. The van der Waals surface area contributed by atoms with Crippen molar-refractivity contribution in [2.45, 2.75) is 18.5 Å². The summed E-state index contributed by atoms with van der Waals surface area (Å²) in [6.07, 6.45) is 1.04. The average molecular weight is 186 g/mol. The van der Waals surface area contributed by atoms with Gasteiger partial charge in [-0.05, 0) is 13.0 Å². The Bertz CT molecular complexity index is 160. The summed E-state index contributed by atoms with van der Waals surface area (Å²) in [7, 11) is 0. The zero-order valence-corrected chi connectivity index (χ0v) is 7.95. The van der Waals surface area contributed by atoms with Crippen LogP contribution in [0.15, 0.2) is 0 Å². The summed E-state index contributed by atoms with van der Waals surface area (Å²) in [4.78, 5) is 2.50. The quantitative estimate of drug-likeness (QED) is 0.641. The molecule has 0 bridgehead atoms. The summed E-state index contributed by atoms with van der Waals surface area (Å²) in [6.45, 7) is 5.27. The first-order chi connectivity index (χ1) is 6.42. The van der Waals surface area contributed by atoms with Crippen molar-refractivity contribution in [1.29, 1.82) is 0 Å². The Hall–Kier alpha value is -0.160. The number of morpholine rings is 1. The number of hydrogen-bond acceptors (Lipinski definition) is 4. The van der Waals surface area contributed by atoms with E-state index in [0.29, 0.717) is 12.1 Å². The van der Waals surface area contributed by atoms with Gasteiger partial charge in [0.05, 0.1) is 32.5 Å². The molecule has 76 valence electrons.